The summed E-state index contributed by atoms with van der Waals surface area (Å²) in [5.41, 5.74) is 0.806. The zero-order valence-corrected chi connectivity index (χ0v) is 7.74. The molecular formula is C9H14N2O. The van der Waals surface area contributed by atoms with Crippen molar-refractivity contribution in [2.45, 2.75) is 20.3 Å². The van der Waals surface area contributed by atoms with Gasteiger partial charge in [0.1, 0.15) is 6.29 Å². The van der Waals surface area contributed by atoms with Gasteiger partial charge in [-0.2, -0.15) is 0 Å². The van der Waals surface area contributed by atoms with Gasteiger partial charge < -0.3 is 9.36 Å². The molecule has 0 aliphatic rings. The van der Waals surface area contributed by atoms with Crippen molar-refractivity contribution >= 4 is 6.29 Å². The molecule has 1 aromatic rings. The minimum atomic E-state index is -0.284. The van der Waals surface area contributed by atoms with E-state index in [1.807, 2.05) is 25.5 Å². The van der Waals surface area contributed by atoms with Crippen LogP contribution in [0.1, 0.15) is 19.5 Å². The molecule has 0 radical (unpaired) electrons. The van der Waals surface area contributed by atoms with E-state index >= 15 is 0 Å². The summed E-state index contributed by atoms with van der Waals surface area (Å²) in [6.45, 7) is 3.85. The number of hydrogen-bond donors (Lipinski definition) is 0. The zero-order valence-electron chi connectivity index (χ0n) is 7.74. The average Bonchev–Trinajstić information content (AvgIpc) is 2.36. The van der Waals surface area contributed by atoms with E-state index in [-0.39, 0.29) is 5.41 Å². The van der Waals surface area contributed by atoms with Crippen molar-refractivity contribution in [3.05, 3.63) is 18.2 Å². The van der Waals surface area contributed by atoms with E-state index < -0.39 is 0 Å². The summed E-state index contributed by atoms with van der Waals surface area (Å²) in [5.74, 6) is 0. The fourth-order valence-corrected chi connectivity index (χ4v) is 1.06. The maximum absolute atomic E-state index is 10.6. The van der Waals surface area contributed by atoms with Crippen molar-refractivity contribution in [2.24, 2.45) is 12.5 Å². The molecule has 66 valence electrons. The molecular weight excluding hydrogens is 152 g/mol. The van der Waals surface area contributed by atoms with Gasteiger partial charge in [0.15, 0.2) is 0 Å². The molecule has 0 aromatic carbocycles. The molecule has 0 aliphatic heterocycles. The number of carbonyl (C=O) groups is 1. The van der Waals surface area contributed by atoms with E-state index in [9.17, 15) is 4.79 Å². The van der Waals surface area contributed by atoms with Gasteiger partial charge in [0.2, 0.25) is 0 Å². The second-order valence-electron chi connectivity index (χ2n) is 3.78. The van der Waals surface area contributed by atoms with Crippen molar-refractivity contribution in [3.8, 4) is 0 Å². The maximum Gasteiger partial charge on any atom is 0.125 e. The summed E-state index contributed by atoms with van der Waals surface area (Å²) >= 11 is 0. The van der Waals surface area contributed by atoms with Gasteiger partial charge in [-0.3, -0.25) is 0 Å². The van der Waals surface area contributed by atoms with E-state index in [1.54, 1.807) is 12.5 Å². The van der Waals surface area contributed by atoms with Crippen molar-refractivity contribution < 1.29 is 4.79 Å². The Labute approximate surface area is 72.4 Å². The molecule has 0 atom stereocenters. The zero-order chi connectivity index (χ0) is 9.19. The van der Waals surface area contributed by atoms with Gasteiger partial charge in [-0.15, -0.1) is 0 Å². The molecule has 1 aromatic heterocycles. The van der Waals surface area contributed by atoms with Crippen LogP contribution in [0.15, 0.2) is 12.5 Å². The average molecular weight is 166 g/mol. The van der Waals surface area contributed by atoms with Crippen molar-refractivity contribution in [1.29, 1.82) is 0 Å². The topological polar surface area (TPSA) is 34.9 Å². The van der Waals surface area contributed by atoms with Crippen LogP contribution in [0.5, 0.6) is 0 Å². The molecule has 0 aliphatic carbocycles. The number of rotatable bonds is 3. The molecule has 1 rings (SSSR count). The molecule has 0 N–H and O–H groups in total. The normalized spacial score (nSPS) is 11.6. The Kier molecular flexibility index (Phi) is 2.31. The van der Waals surface area contributed by atoms with Crippen LogP contribution < -0.4 is 0 Å². The lowest BCUT2D eigenvalue weighted by molar-refractivity contribution is -0.114. The number of nitrogens with zero attached hydrogens (tertiary/aromatic N) is 2. The van der Waals surface area contributed by atoms with Crippen LogP contribution in [0.25, 0.3) is 0 Å². The van der Waals surface area contributed by atoms with E-state index in [0.717, 1.165) is 18.4 Å². The number of aryl methyl sites for hydroxylation is 1. The number of imidazole rings is 1. The van der Waals surface area contributed by atoms with Crippen LogP contribution in [0.3, 0.4) is 0 Å². The maximum atomic E-state index is 10.6. The van der Waals surface area contributed by atoms with Gasteiger partial charge in [0.25, 0.3) is 0 Å². The molecule has 3 heteroatoms. The molecule has 0 fully saturated rings. The Balaban J connectivity index is 2.76. The van der Waals surface area contributed by atoms with Crippen LogP contribution in [0, 0.1) is 5.41 Å². The first-order valence-electron chi connectivity index (χ1n) is 3.97. The Morgan fingerprint density at radius 3 is 2.75 bits per heavy atom. The van der Waals surface area contributed by atoms with Crippen molar-refractivity contribution in [3.63, 3.8) is 0 Å². The quantitative estimate of drug-likeness (QED) is 0.632. The summed E-state index contributed by atoms with van der Waals surface area (Å²) < 4.78 is 1.94. The third kappa shape index (κ3) is 1.94. The van der Waals surface area contributed by atoms with Crippen LogP contribution in [0.2, 0.25) is 0 Å². The van der Waals surface area contributed by atoms with Gasteiger partial charge in [-0.25, -0.2) is 4.98 Å². The highest BCUT2D eigenvalue weighted by Crippen LogP contribution is 2.17. The standard InChI is InChI=1S/C9H14N2O/c1-9(2,6-12)4-8-5-10-7-11(8)3/h5-7H,4H2,1-3H3. The van der Waals surface area contributed by atoms with E-state index in [1.165, 1.54) is 0 Å². The molecule has 3 nitrogen and oxygen atoms in total. The largest absolute Gasteiger partial charge is 0.338 e. The van der Waals surface area contributed by atoms with E-state index in [2.05, 4.69) is 4.98 Å². The highest BCUT2D eigenvalue weighted by molar-refractivity contribution is 5.58. The van der Waals surface area contributed by atoms with Crippen molar-refractivity contribution in [1.82, 2.24) is 9.55 Å². The van der Waals surface area contributed by atoms with Gasteiger partial charge in [0.05, 0.1) is 6.33 Å². The van der Waals surface area contributed by atoms with Gasteiger partial charge in [0, 0.05) is 30.8 Å². The second-order valence-corrected chi connectivity index (χ2v) is 3.78. The Morgan fingerprint density at radius 1 is 1.67 bits per heavy atom. The fraction of sp³-hybridized carbons (Fsp3) is 0.556. The van der Waals surface area contributed by atoms with E-state index in [0.29, 0.717) is 0 Å². The molecule has 0 unspecified atom stereocenters. The van der Waals surface area contributed by atoms with Gasteiger partial charge in [-0.1, -0.05) is 13.8 Å². The summed E-state index contributed by atoms with van der Waals surface area (Å²) in [4.78, 5) is 14.6. The molecule has 0 saturated carbocycles. The lowest BCUT2D eigenvalue weighted by Gasteiger charge is -2.15. The van der Waals surface area contributed by atoms with Crippen molar-refractivity contribution in [2.75, 3.05) is 0 Å². The van der Waals surface area contributed by atoms with Gasteiger partial charge >= 0.3 is 0 Å². The smallest absolute Gasteiger partial charge is 0.125 e. The van der Waals surface area contributed by atoms with Crippen LogP contribution in [-0.4, -0.2) is 15.8 Å². The predicted octanol–water partition coefficient (Wildman–Crippen LogP) is 1.19. The molecule has 0 bridgehead atoms. The van der Waals surface area contributed by atoms with Gasteiger partial charge in [-0.05, 0) is 0 Å². The second kappa shape index (κ2) is 3.09. The number of carbonyl (C=O) groups excluding carboxylic acids is 1. The fourth-order valence-electron chi connectivity index (χ4n) is 1.06. The number of aromatic nitrogens is 2. The van der Waals surface area contributed by atoms with Crippen LogP contribution in [-0.2, 0) is 18.3 Å². The lowest BCUT2D eigenvalue weighted by atomic mass is 9.90. The number of aldehydes is 1. The van der Waals surface area contributed by atoms with E-state index in [4.69, 9.17) is 0 Å². The highest BCUT2D eigenvalue weighted by Gasteiger charge is 2.18. The first-order valence-corrected chi connectivity index (χ1v) is 3.97. The monoisotopic (exact) mass is 166 g/mol. The first kappa shape index (κ1) is 8.97. The SMILES string of the molecule is Cn1cncc1CC(C)(C)C=O. The van der Waals surface area contributed by atoms with Crippen LogP contribution >= 0.6 is 0 Å². The minimum Gasteiger partial charge on any atom is -0.338 e. The molecule has 0 amide bonds. The third-order valence-corrected chi connectivity index (χ3v) is 1.87. The Morgan fingerprint density at radius 2 is 2.33 bits per heavy atom. The third-order valence-electron chi connectivity index (χ3n) is 1.87. The minimum absolute atomic E-state index is 0.284. The first-order chi connectivity index (χ1) is 5.55. The predicted molar refractivity (Wildman–Crippen MR) is 46.8 cm³/mol. The molecule has 12 heavy (non-hydrogen) atoms. The molecule has 1 heterocycles. The van der Waals surface area contributed by atoms with Crippen LogP contribution in [0.4, 0.5) is 0 Å². The summed E-state index contributed by atoms with van der Waals surface area (Å²) in [6.07, 6.45) is 5.27. The summed E-state index contributed by atoms with van der Waals surface area (Å²) in [5, 5.41) is 0. The molecule has 0 spiro atoms. The number of hydrogen-bond acceptors (Lipinski definition) is 2. The highest BCUT2D eigenvalue weighted by atomic mass is 16.1. The lowest BCUT2D eigenvalue weighted by Crippen LogP contribution is -2.17. The summed E-state index contributed by atoms with van der Waals surface area (Å²) in [6, 6.07) is 0. The molecule has 0 saturated heterocycles. The summed E-state index contributed by atoms with van der Waals surface area (Å²) in [7, 11) is 1.93. The Hall–Kier alpha value is -1.12. The Bertz CT molecular complexity index is 276.